The summed E-state index contributed by atoms with van der Waals surface area (Å²) in [5, 5.41) is 11.5. The monoisotopic (exact) mass is 452 g/mol. The van der Waals surface area contributed by atoms with Crippen LogP contribution in [-0.2, 0) is 14.3 Å². The summed E-state index contributed by atoms with van der Waals surface area (Å²) in [6.45, 7) is 2.63. The molecule has 0 aromatic heterocycles. The molecule has 2 aromatic carbocycles. The number of carboxylic acid groups (broad SMARTS) is 1. The number of nitrogens with zero attached hydrogens (tertiary/aromatic N) is 1. The number of hydrogen-bond acceptors (Lipinski definition) is 4. The molecule has 33 heavy (non-hydrogen) atoms. The van der Waals surface area contributed by atoms with Crippen molar-refractivity contribution in [2.24, 2.45) is 0 Å². The van der Waals surface area contributed by atoms with Crippen LogP contribution in [-0.4, -0.2) is 54.2 Å². The second-order valence-corrected chi connectivity index (χ2v) is 8.45. The minimum absolute atomic E-state index is 0.0122. The van der Waals surface area contributed by atoms with Crippen LogP contribution in [0.15, 0.2) is 48.5 Å². The molecule has 2 amide bonds. The van der Waals surface area contributed by atoms with Gasteiger partial charge in [-0.2, -0.15) is 0 Å². The van der Waals surface area contributed by atoms with Crippen molar-refractivity contribution in [1.29, 1.82) is 0 Å². The Kier molecular flexibility index (Phi) is 8.46. The largest absolute Gasteiger partial charge is 0.481 e. The lowest BCUT2D eigenvalue weighted by molar-refractivity contribution is -0.137. The average Bonchev–Trinajstić information content (AvgIpc) is 3.13. The van der Waals surface area contributed by atoms with Gasteiger partial charge in [0.05, 0.1) is 0 Å². The number of carbonyl (C=O) groups is 3. The SMILES string of the molecule is CCC(CC(=O)N(C)CCCCC(=O)O)NC(=O)OCC1c2ccccc2-c2ccccc21. The standard InChI is InChI=1S/C26H32N2O5/c1-3-18(16-24(29)28(2)15-9-8-14-25(30)31)27-26(32)33-17-23-21-12-6-4-10-19(21)20-11-5-7-13-22(20)23/h4-7,10-13,18,23H,3,8-9,14-17H2,1-2H3,(H,27,32)(H,30,31). The Morgan fingerprint density at radius 3 is 2.21 bits per heavy atom. The third-order valence-electron chi connectivity index (χ3n) is 6.14. The van der Waals surface area contributed by atoms with Gasteiger partial charge in [-0.05, 0) is 41.5 Å². The zero-order chi connectivity index (χ0) is 23.8. The summed E-state index contributed by atoms with van der Waals surface area (Å²) in [5.74, 6) is -0.930. The Balaban J connectivity index is 1.49. The number of benzene rings is 2. The van der Waals surface area contributed by atoms with Crippen LogP contribution in [0.25, 0.3) is 11.1 Å². The highest BCUT2D eigenvalue weighted by Crippen LogP contribution is 2.44. The van der Waals surface area contributed by atoms with Crippen LogP contribution in [0, 0.1) is 0 Å². The van der Waals surface area contributed by atoms with Crippen LogP contribution >= 0.6 is 0 Å². The second-order valence-electron chi connectivity index (χ2n) is 8.45. The number of amides is 2. The van der Waals surface area contributed by atoms with Crippen molar-refractivity contribution in [1.82, 2.24) is 10.2 Å². The van der Waals surface area contributed by atoms with Crippen LogP contribution in [0.2, 0.25) is 0 Å². The fraction of sp³-hybridized carbons (Fsp3) is 0.423. The number of carbonyl (C=O) groups excluding carboxylic acids is 2. The van der Waals surface area contributed by atoms with Gasteiger partial charge in [0.2, 0.25) is 5.91 Å². The number of alkyl carbamates (subject to hydrolysis) is 1. The third-order valence-corrected chi connectivity index (χ3v) is 6.14. The zero-order valence-electron chi connectivity index (χ0n) is 19.3. The smallest absolute Gasteiger partial charge is 0.407 e. The summed E-state index contributed by atoms with van der Waals surface area (Å²) in [4.78, 5) is 37.2. The Morgan fingerprint density at radius 2 is 1.64 bits per heavy atom. The van der Waals surface area contributed by atoms with Crippen LogP contribution < -0.4 is 5.32 Å². The Morgan fingerprint density at radius 1 is 1.03 bits per heavy atom. The van der Waals surface area contributed by atoms with Gasteiger partial charge in [-0.1, -0.05) is 55.5 Å². The fourth-order valence-corrected chi connectivity index (χ4v) is 4.22. The summed E-state index contributed by atoms with van der Waals surface area (Å²) in [7, 11) is 1.70. The first kappa shape index (κ1) is 24.3. The number of aliphatic carboxylic acids is 1. The molecule has 2 aromatic rings. The van der Waals surface area contributed by atoms with E-state index in [1.165, 1.54) is 11.1 Å². The molecule has 0 saturated heterocycles. The molecule has 1 unspecified atom stereocenters. The van der Waals surface area contributed by atoms with Crippen molar-refractivity contribution in [2.75, 3.05) is 20.2 Å². The highest BCUT2D eigenvalue weighted by molar-refractivity contribution is 5.79. The molecule has 2 N–H and O–H groups in total. The minimum atomic E-state index is -0.831. The van der Waals surface area contributed by atoms with Gasteiger partial charge in [0, 0.05) is 38.4 Å². The maximum Gasteiger partial charge on any atom is 0.407 e. The highest BCUT2D eigenvalue weighted by Gasteiger charge is 2.29. The van der Waals surface area contributed by atoms with Crippen molar-refractivity contribution < 1.29 is 24.2 Å². The predicted octanol–water partition coefficient (Wildman–Crippen LogP) is 4.41. The molecule has 7 heteroatoms. The zero-order valence-corrected chi connectivity index (χ0v) is 19.3. The van der Waals surface area contributed by atoms with E-state index in [2.05, 4.69) is 29.6 Å². The molecule has 3 rings (SSSR count). The average molecular weight is 453 g/mol. The van der Waals surface area contributed by atoms with Crippen molar-refractivity contribution in [3.8, 4) is 11.1 Å². The quantitative estimate of drug-likeness (QED) is 0.493. The van der Waals surface area contributed by atoms with Crippen molar-refractivity contribution in [3.63, 3.8) is 0 Å². The molecule has 0 heterocycles. The topological polar surface area (TPSA) is 95.9 Å². The van der Waals surface area contributed by atoms with Gasteiger partial charge in [-0.3, -0.25) is 9.59 Å². The lowest BCUT2D eigenvalue weighted by atomic mass is 9.98. The summed E-state index contributed by atoms with van der Waals surface area (Å²) in [5.41, 5.74) is 4.65. The van der Waals surface area contributed by atoms with E-state index in [1.54, 1.807) is 11.9 Å². The number of ether oxygens (including phenoxy) is 1. The van der Waals surface area contributed by atoms with Crippen molar-refractivity contribution in [2.45, 2.75) is 51.0 Å². The van der Waals surface area contributed by atoms with E-state index in [4.69, 9.17) is 9.84 Å². The van der Waals surface area contributed by atoms with E-state index < -0.39 is 12.1 Å². The molecule has 1 aliphatic rings. The van der Waals surface area contributed by atoms with Gasteiger partial charge < -0.3 is 20.1 Å². The third kappa shape index (κ3) is 6.34. The van der Waals surface area contributed by atoms with E-state index in [9.17, 15) is 14.4 Å². The number of fused-ring (bicyclic) bond motifs is 3. The molecule has 0 radical (unpaired) electrons. The first-order chi connectivity index (χ1) is 15.9. The molecule has 7 nitrogen and oxygen atoms in total. The number of rotatable bonds is 11. The first-order valence-corrected chi connectivity index (χ1v) is 11.5. The fourth-order valence-electron chi connectivity index (χ4n) is 4.22. The minimum Gasteiger partial charge on any atom is -0.481 e. The van der Waals surface area contributed by atoms with Gasteiger partial charge in [-0.15, -0.1) is 0 Å². The summed E-state index contributed by atoms with van der Waals surface area (Å²) >= 11 is 0. The van der Waals surface area contributed by atoms with Crippen molar-refractivity contribution >= 4 is 18.0 Å². The maximum absolute atomic E-state index is 12.5. The predicted molar refractivity (Wildman–Crippen MR) is 126 cm³/mol. The van der Waals surface area contributed by atoms with E-state index >= 15 is 0 Å². The number of hydrogen-bond donors (Lipinski definition) is 2. The highest BCUT2D eigenvalue weighted by atomic mass is 16.5. The normalized spacial score (nSPS) is 13.0. The van der Waals surface area contributed by atoms with Gasteiger partial charge in [-0.25, -0.2) is 4.79 Å². The molecule has 0 fully saturated rings. The number of carboxylic acids is 1. The Labute approximate surface area is 194 Å². The van der Waals surface area contributed by atoms with Gasteiger partial charge in [0.25, 0.3) is 0 Å². The Bertz CT molecular complexity index is 945. The lowest BCUT2D eigenvalue weighted by Gasteiger charge is -2.22. The lowest BCUT2D eigenvalue weighted by Crippen LogP contribution is -2.40. The molecule has 0 saturated carbocycles. The van der Waals surface area contributed by atoms with Crippen LogP contribution in [0.1, 0.15) is 56.1 Å². The van der Waals surface area contributed by atoms with Gasteiger partial charge >= 0.3 is 12.1 Å². The molecule has 1 aliphatic carbocycles. The molecule has 176 valence electrons. The summed E-state index contributed by atoms with van der Waals surface area (Å²) < 4.78 is 5.59. The van der Waals surface area contributed by atoms with Crippen LogP contribution in [0.4, 0.5) is 4.79 Å². The van der Waals surface area contributed by atoms with Crippen LogP contribution in [0.5, 0.6) is 0 Å². The molecule has 0 bridgehead atoms. The number of nitrogens with one attached hydrogen (secondary N) is 1. The van der Waals surface area contributed by atoms with Crippen LogP contribution in [0.3, 0.4) is 0 Å². The number of unbranched alkanes of at least 4 members (excludes halogenated alkanes) is 1. The molecular weight excluding hydrogens is 420 g/mol. The first-order valence-electron chi connectivity index (χ1n) is 11.5. The van der Waals surface area contributed by atoms with E-state index in [0.717, 1.165) is 11.1 Å². The second kappa shape index (κ2) is 11.5. The summed E-state index contributed by atoms with van der Waals surface area (Å²) in [6.07, 6.45) is 1.51. The molecule has 0 spiro atoms. The molecular formula is C26H32N2O5. The van der Waals surface area contributed by atoms with Gasteiger partial charge in [0.15, 0.2) is 0 Å². The molecule has 1 atom stereocenters. The maximum atomic E-state index is 12.5. The van der Waals surface area contributed by atoms with E-state index in [-0.39, 0.29) is 37.3 Å². The van der Waals surface area contributed by atoms with E-state index in [1.807, 2.05) is 31.2 Å². The van der Waals surface area contributed by atoms with Crippen molar-refractivity contribution in [3.05, 3.63) is 59.7 Å². The Hall–Kier alpha value is -3.35. The molecule has 0 aliphatic heterocycles. The van der Waals surface area contributed by atoms with Gasteiger partial charge in [0.1, 0.15) is 6.61 Å². The summed E-state index contributed by atoms with van der Waals surface area (Å²) in [6, 6.07) is 16.0. The van der Waals surface area contributed by atoms with E-state index in [0.29, 0.717) is 25.8 Å².